The molecule has 0 aromatic heterocycles. The number of piperidine rings is 1. The summed E-state index contributed by atoms with van der Waals surface area (Å²) in [6, 6.07) is 6.75. The van der Waals surface area contributed by atoms with Crippen molar-refractivity contribution in [1.29, 1.82) is 0 Å². The first-order chi connectivity index (χ1) is 8.72. The van der Waals surface area contributed by atoms with Crippen LogP contribution in [0.4, 0.5) is 0 Å². The maximum absolute atomic E-state index is 6.03. The number of methoxy groups -OCH3 is 1. The first-order valence-electron chi connectivity index (χ1n) is 6.86. The molecule has 100 valence electrons. The third-order valence-electron chi connectivity index (χ3n) is 3.73. The van der Waals surface area contributed by atoms with Gasteiger partial charge >= 0.3 is 0 Å². The van der Waals surface area contributed by atoms with Crippen molar-refractivity contribution >= 4 is 0 Å². The van der Waals surface area contributed by atoms with Crippen molar-refractivity contribution in [2.24, 2.45) is 5.73 Å². The fraction of sp³-hybridized carbons (Fsp3) is 0.600. The van der Waals surface area contributed by atoms with E-state index in [9.17, 15) is 0 Å². The first kappa shape index (κ1) is 13.4. The van der Waals surface area contributed by atoms with Crippen LogP contribution in [0.5, 0.6) is 5.75 Å². The molecule has 0 spiro atoms. The summed E-state index contributed by atoms with van der Waals surface area (Å²) in [6.45, 7) is 5.40. The van der Waals surface area contributed by atoms with E-state index in [4.69, 9.17) is 10.5 Å². The lowest BCUT2D eigenvalue weighted by atomic mass is 10.0. The van der Waals surface area contributed by atoms with Crippen LogP contribution in [0, 0.1) is 0 Å². The van der Waals surface area contributed by atoms with Gasteiger partial charge in [0.25, 0.3) is 0 Å². The zero-order chi connectivity index (χ0) is 13.0. The minimum absolute atomic E-state index is 0.349. The van der Waals surface area contributed by atoms with Gasteiger partial charge in [0.2, 0.25) is 0 Å². The van der Waals surface area contributed by atoms with E-state index in [2.05, 4.69) is 30.0 Å². The Morgan fingerprint density at radius 3 is 2.89 bits per heavy atom. The van der Waals surface area contributed by atoms with Crippen LogP contribution in [-0.4, -0.2) is 31.1 Å². The molecule has 3 nitrogen and oxygen atoms in total. The molecule has 0 radical (unpaired) electrons. The fourth-order valence-electron chi connectivity index (χ4n) is 2.69. The molecule has 1 saturated heterocycles. The second-order valence-electron chi connectivity index (χ2n) is 5.13. The summed E-state index contributed by atoms with van der Waals surface area (Å²) < 4.78 is 5.29. The number of nitrogens with two attached hydrogens (primary N) is 1. The molecule has 1 atom stereocenters. The van der Waals surface area contributed by atoms with Crippen LogP contribution in [0.2, 0.25) is 0 Å². The van der Waals surface area contributed by atoms with Gasteiger partial charge in [-0.2, -0.15) is 0 Å². The summed E-state index contributed by atoms with van der Waals surface area (Å²) in [7, 11) is 1.72. The van der Waals surface area contributed by atoms with Crippen LogP contribution >= 0.6 is 0 Å². The van der Waals surface area contributed by atoms with Gasteiger partial charge in [-0.05, 0) is 49.1 Å². The molecule has 0 bridgehead atoms. The largest absolute Gasteiger partial charge is 0.497 e. The van der Waals surface area contributed by atoms with Gasteiger partial charge in [-0.1, -0.05) is 13.0 Å². The highest BCUT2D eigenvalue weighted by Crippen LogP contribution is 2.21. The van der Waals surface area contributed by atoms with E-state index in [0.29, 0.717) is 6.04 Å². The summed E-state index contributed by atoms with van der Waals surface area (Å²) in [4.78, 5) is 2.47. The van der Waals surface area contributed by atoms with E-state index >= 15 is 0 Å². The van der Waals surface area contributed by atoms with E-state index < -0.39 is 0 Å². The highest BCUT2D eigenvalue weighted by Gasteiger charge is 2.17. The first-order valence-corrected chi connectivity index (χ1v) is 6.86. The molecule has 0 unspecified atom stereocenters. The van der Waals surface area contributed by atoms with Crippen LogP contribution in [-0.2, 0) is 13.0 Å². The van der Waals surface area contributed by atoms with Gasteiger partial charge in [0, 0.05) is 19.1 Å². The lowest BCUT2D eigenvalue weighted by Crippen LogP contribution is -2.42. The van der Waals surface area contributed by atoms with Gasteiger partial charge in [0.05, 0.1) is 7.11 Å². The van der Waals surface area contributed by atoms with Gasteiger partial charge in [-0.15, -0.1) is 0 Å². The van der Waals surface area contributed by atoms with Crippen molar-refractivity contribution in [2.45, 2.75) is 38.8 Å². The predicted octanol–water partition coefficient (Wildman–Crippen LogP) is 2.18. The average Bonchev–Trinajstić information content (AvgIpc) is 2.39. The number of likely N-dealkylation sites (tertiary alicyclic amines) is 1. The zero-order valence-electron chi connectivity index (χ0n) is 11.5. The predicted molar refractivity (Wildman–Crippen MR) is 74.9 cm³/mol. The molecule has 1 heterocycles. The van der Waals surface area contributed by atoms with Gasteiger partial charge in [-0.3, -0.25) is 4.90 Å². The normalized spacial score (nSPS) is 20.9. The molecule has 1 aromatic carbocycles. The standard InChI is InChI=1S/C15H24N2O/c1-3-12-9-15(18-2)7-6-13(12)10-17-8-4-5-14(16)11-17/h6-7,9,14H,3-5,8,10-11,16H2,1-2H3/t14-/m1/s1. The van der Waals surface area contributed by atoms with Crippen molar-refractivity contribution < 1.29 is 4.74 Å². The van der Waals surface area contributed by atoms with Gasteiger partial charge in [0.1, 0.15) is 5.75 Å². The van der Waals surface area contributed by atoms with Crippen molar-refractivity contribution in [3.05, 3.63) is 29.3 Å². The Bertz CT molecular complexity index is 392. The SMILES string of the molecule is CCc1cc(OC)ccc1CN1CCC[C@@H](N)C1. The Kier molecular flexibility index (Phi) is 4.61. The third-order valence-corrected chi connectivity index (χ3v) is 3.73. The molecule has 1 aromatic rings. The number of nitrogens with zero attached hydrogens (tertiary/aromatic N) is 1. The number of aryl methyl sites for hydroxylation is 1. The highest BCUT2D eigenvalue weighted by atomic mass is 16.5. The average molecular weight is 248 g/mol. The number of ether oxygens (including phenoxy) is 1. The summed E-state index contributed by atoms with van der Waals surface area (Å²) in [5, 5.41) is 0. The maximum Gasteiger partial charge on any atom is 0.119 e. The van der Waals surface area contributed by atoms with Crippen LogP contribution in [0.1, 0.15) is 30.9 Å². The van der Waals surface area contributed by atoms with Crippen LogP contribution in [0.25, 0.3) is 0 Å². The topological polar surface area (TPSA) is 38.5 Å². The van der Waals surface area contributed by atoms with E-state index in [1.165, 1.54) is 30.5 Å². The number of hydrogen-bond donors (Lipinski definition) is 1. The Morgan fingerprint density at radius 2 is 2.22 bits per heavy atom. The quantitative estimate of drug-likeness (QED) is 0.887. The number of benzene rings is 1. The lowest BCUT2D eigenvalue weighted by molar-refractivity contribution is 0.201. The number of rotatable bonds is 4. The van der Waals surface area contributed by atoms with Crippen LogP contribution in [0.15, 0.2) is 18.2 Å². The molecule has 18 heavy (non-hydrogen) atoms. The second-order valence-corrected chi connectivity index (χ2v) is 5.13. The molecule has 3 heteroatoms. The van der Waals surface area contributed by atoms with E-state index in [1.807, 2.05) is 0 Å². The smallest absolute Gasteiger partial charge is 0.119 e. The molecule has 0 saturated carbocycles. The van der Waals surface area contributed by atoms with Crippen LogP contribution in [0.3, 0.4) is 0 Å². The lowest BCUT2D eigenvalue weighted by Gasteiger charge is -2.31. The summed E-state index contributed by atoms with van der Waals surface area (Å²) >= 11 is 0. The Labute approximate surface area is 110 Å². The molecular weight excluding hydrogens is 224 g/mol. The van der Waals surface area contributed by atoms with Gasteiger partial charge in [-0.25, -0.2) is 0 Å². The highest BCUT2D eigenvalue weighted by molar-refractivity contribution is 5.35. The second kappa shape index (κ2) is 6.21. The molecule has 1 aliphatic heterocycles. The zero-order valence-corrected chi connectivity index (χ0v) is 11.5. The van der Waals surface area contributed by atoms with Gasteiger partial charge < -0.3 is 10.5 Å². The summed E-state index contributed by atoms with van der Waals surface area (Å²) in [5.41, 5.74) is 8.83. The molecule has 0 amide bonds. The molecule has 1 aliphatic rings. The van der Waals surface area contributed by atoms with Crippen LogP contribution < -0.4 is 10.5 Å². The third kappa shape index (κ3) is 3.24. The maximum atomic E-state index is 6.03. The Hall–Kier alpha value is -1.06. The molecule has 0 aliphatic carbocycles. The number of hydrogen-bond acceptors (Lipinski definition) is 3. The summed E-state index contributed by atoms with van der Waals surface area (Å²) in [6.07, 6.45) is 3.44. The summed E-state index contributed by atoms with van der Waals surface area (Å²) in [5.74, 6) is 0.950. The van der Waals surface area contributed by atoms with Crippen molar-refractivity contribution in [2.75, 3.05) is 20.2 Å². The van der Waals surface area contributed by atoms with E-state index in [-0.39, 0.29) is 0 Å². The minimum atomic E-state index is 0.349. The van der Waals surface area contributed by atoms with Crippen molar-refractivity contribution in [1.82, 2.24) is 4.90 Å². The molecule has 2 N–H and O–H groups in total. The van der Waals surface area contributed by atoms with Gasteiger partial charge in [0.15, 0.2) is 0 Å². The molecule has 1 fully saturated rings. The molecular formula is C15H24N2O. The fourth-order valence-corrected chi connectivity index (χ4v) is 2.69. The van der Waals surface area contributed by atoms with E-state index in [1.54, 1.807) is 7.11 Å². The van der Waals surface area contributed by atoms with Crippen molar-refractivity contribution in [3.63, 3.8) is 0 Å². The van der Waals surface area contributed by atoms with Crippen molar-refractivity contribution in [3.8, 4) is 5.75 Å². The monoisotopic (exact) mass is 248 g/mol. The Balaban J connectivity index is 2.08. The van der Waals surface area contributed by atoms with E-state index in [0.717, 1.165) is 25.3 Å². The minimum Gasteiger partial charge on any atom is -0.497 e. The Morgan fingerprint density at radius 1 is 1.39 bits per heavy atom. The molecule has 2 rings (SSSR count).